The number of nitrogens with zero attached hydrogens (tertiary/aromatic N) is 1. The normalized spacial score (nSPS) is 8.71. The van der Waals surface area contributed by atoms with Crippen LogP contribution in [0.2, 0.25) is 0 Å². The molecule has 1 aromatic heterocycles. The van der Waals surface area contributed by atoms with Crippen LogP contribution in [0.25, 0.3) is 0 Å². The molecule has 0 atom stereocenters. The van der Waals surface area contributed by atoms with Gasteiger partial charge in [0, 0.05) is 12.8 Å². The van der Waals surface area contributed by atoms with Crippen LogP contribution in [0.3, 0.4) is 0 Å². The Balaban J connectivity index is 0.000000292. The molecule has 1 rings (SSSR count). The monoisotopic (exact) mass is 198 g/mol. The van der Waals surface area contributed by atoms with Gasteiger partial charge in [0.2, 0.25) is 0 Å². The Kier molecular flexibility index (Phi) is 7.30. The molecular weight excluding hydrogens is 184 g/mol. The zero-order valence-corrected chi connectivity index (χ0v) is 7.76. The van der Waals surface area contributed by atoms with Gasteiger partial charge in [-0.05, 0) is 25.1 Å². The summed E-state index contributed by atoms with van der Waals surface area (Å²) in [6.45, 7) is 0.812. The van der Waals surface area contributed by atoms with Crippen molar-refractivity contribution in [3.8, 4) is 0 Å². The first-order valence-electron chi connectivity index (χ1n) is 4.17. The molecule has 0 saturated carbocycles. The van der Waals surface area contributed by atoms with Gasteiger partial charge in [-0.1, -0.05) is 6.07 Å². The fraction of sp³-hybridized carbons (Fsp3) is 0.333. The van der Waals surface area contributed by atoms with E-state index in [1.165, 1.54) is 12.3 Å². The second-order valence-electron chi connectivity index (χ2n) is 2.39. The van der Waals surface area contributed by atoms with Crippen molar-refractivity contribution in [2.75, 3.05) is 13.2 Å². The Labute approximate surface area is 82.2 Å². The van der Waals surface area contributed by atoms with E-state index >= 15 is 0 Å². The zero-order valence-electron chi connectivity index (χ0n) is 7.76. The lowest BCUT2D eigenvalue weighted by atomic mass is 10.4. The van der Waals surface area contributed by atoms with Gasteiger partial charge in [-0.25, -0.2) is 9.78 Å². The minimum absolute atomic E-state index is 0.0810. The number of hydrogen-bond acceptors (Lipinski definition) is 4. The van der Waals surface area contributed by atoms with E-state index in [9.17, 15) is 4.79 Å². The van der Waals surface area contributed by atoms with Crippen molar-refractivity contribution in [1.29, 1.82) is 0 Å². The van der Waals surface area contributed by atoms with Crippen molar-refractivity contribution in [3.63, 3.8) is 0 Å². The summed E-state index contributed by atoms with van der Waals surface area (Å²) in [5, 5.41) is 16.3. The van der Waals surface area contributed by atoms with Gasteiger partial charge in [-0.3, -0.25) is 0 Å². The molecular formula is C9H14N2O3. The summed E-state index contributed by atoms with van der Waals surface area (Å²) in [5.74, 6) is -0.990. The fourth-order valence-corrected chi connectivity index (χ4v) is 0.581. The van der Waals surface area contributed by atoms with Crippen molar-refractivity contribution >= 4 is 5.97 Å². The van der Waals surface area contributed by atoms with E-state index in [-0.39, 0.29) is 12.3 Å². The van der Waals surface area contributed by atoms with Crippen molar-refractivity contribution < 1.29 is 15.0 Å². The van der Waals surface area contributed by atoms with Crippen molar-refractivity contribution in [1.82, 2.24) is 4.98 Å². The molecule has 0 radical (unpaired) electrons. The number of hydrogen-bond donors (Lipinski definition) is 3. The minimum atomic E-state index is -0.990. The number of carboxylic acid groups (broad SMARTS) is 1. The van der Waals surface area contributed by atoms with Gasteiger partial charge in [0.1, 0.15) is 5.69 Å². The van der Waals surface area contributed by atoms with Gasteiger partial charge in [0.05, 0.1) is 0 Å². The minimum Gasteiger partial charge on any atom is -0.477 e. The summed E-state index contributed by atoms with van der Waals surface area (Å²) in [7, 11) is 0. The molecule has 0 unspecified atom stereocenters. The summed E-state index contributed by atoms with van der Waals surface area (Å²) < 4.78 is 0. The lowest BCUT2D eigenvalue weighted by Crippen LogP contribution is -1.99. The molecule has 0 bridgehead atoms. The third-order valence-electron chi connectivity index (χ3n) is 1.25. The smallest absolute Gasteiger partial charge is 0.354 e. The van der Waals surface area contributed by atoms with Gasteiger partial charge >= 0.3 is 5.97 Å². The number of aliphatic hydroxyl groups excluding tert-OH is 1. The lowest BCUT2D eigenvalue weighted by Gasteiger charge is -1.87. The van der Waals surface area contributed by atoms with Gasteiger partial charge in [0.15, 0.2) is 0 Å². The lowest BCUT2D eigenvalue weighted by molar-refractivity contribution is 0.0690. The van der Waals surface area contributed by atoms with Crippen LogP contribution in [0.4, 0.5) is 0 Å². The highest BCUT2D eigenvalue weighted by molar-refractivity contribution is 5.85. The molecule has 0 aliphatic rings. The maximum absolute atomic E-state index is 10.1. The van der Waals surface area contributed by atoms with E-state index in [2.05, 4.69) is 4.98 Å². The Bertz CT molecular complexity index is 249. The number of aromatic nitrogens is 1. The van der Waals surface area contributed by atoms with Crippen molar-refractivity contribution in [3.05, 3.63) is 30.1 Å². The maximum atomic E-state index is 10.1. The number of carbonyl (C=O) groups is 1. The molecule has 5 nitrogen and oxygen atoms in total. The molecule has 0 saturated heterocycles. The molecule has 78 valence electrons. The Morgan fingerprint density at radius 3 is 2.43 bits per heavy atom. The van der Waals surface area contributed by atoms with E-state index < -0.39 is 5.97 Å². The number of aromatic carboxylic acids is 1. The molecule has 0 aliphatic carbocycles. The third-order valence-corrected chi connectivity index (χ3v) is 1.25. The largest absolute Gasteiger partial charge is 0.477 e. The molecule has 0 spiro atoms. The number of aliphatic hydroxyl groups is 1. The standard InChI is InChI=1S/C6H5NO2.C3H9NO/c8-6(9)5-3-1-2-4-7-5;4-2-1-3-5/h1-4H,(H,8,9);5H,1-4H2. The first-order valence-corrected chi connectivity index (χ1v) is 4.17. The Morgan fingerprint density at radius 2 is 2.21 bits per heavy atom. The molecule has 4 N–H and O–H groups in total. The van der Waals surface area contributed by atoms with Gasteiger partial charge < -0.3 is 15.9 Å². The van der Waals surface area contributed by atoms with Crippen molar-refractivity contribution in [2.24, 2.45) is 5.73 Å². The average molecular weight is 198 g/mol. The van der Waals surface area contributed by atoms with E-state index in [4.69, 9.17) is 15.9 Å². The van der Waals surface area contributed by atoms with Gasteiger partial charge in [-0.2, -0.15) is 0 Å². The number of carboxylic acids is 1. The number of pyridine rings is 1. The van der Waals surface area contributed by atoms with E-state index in [0.29, 0.717) is 6.54 Å². The van der Waals surface area contributed by atoms with Crippen LogP contribution in [-0.2, 0) is 0 Å². The van der Waals surface area contributed by atoms with E-state index in [1.807, 2.05) is 0 Å². The van der Waals surface area contributed by atoms with Crippen LogP contribution in [-0.4, -0.2) is 34.3 Å². The van der Waals surface area contributed by atoms with Crippen LogP contribution < -0.4 is 5.73 Å². The molecule has 0 amide bonds. The quantitative estimate of drug-likeness (QED) is 0.640. The predicted molar refractivity (Wildman–Crippen MR) is 52.0 cm³/mol. The molecule has 5 heteroatoms. The van der Waals surface area contributed by atoms with Crippen LogP contribution >= 0.6 is 0 Å². The fourth-order valence-electron chi connectivity index (χ4n) is 0.581. The summed E-state index contributed by atoms with van der Waals surface area (Å²) in [5.41, 5.74) is 5.06. The first kappa shape index (κ1) is 12.5. The van der Waals surface area contributed by atoms with Crippen LogP contribution in [0.15, 0.2) is 24.4 Å². The summed E-state index contributed by atoms with van der Waals surface area (Å²) in [4.78, 5) is 13.7. The van der Waals surface area contributed by atoms with Crippen molar-refractivity contribution in [2.45, 2.75) is 6.42 Å². The molecule has 14 heavy (non-hydrogen) atoms. The maximum Gasteiger partial charge on any atom is 0.354 e. The summed E-state index contributed by atoms with van der Waals surface area (Å²) in [6.07, 6.45) is 2.17. The van der Waals surface area contributed by atoms with E-state index in [0.717, 1.165) is 6.42 Å². The van der Waals surface area contributed by atoms with Crippen LogP contribution in [0.5, 0.6) is 0 Å². The molecule has 1 heterocycles. The van der Waals surface area contributed by atoms with Crippen LogP contribution in [0, 0.1) is 0 Å². The first-order chi connectivity index (χ1) is 6.72. The SMILES string of the molecule is NCCCO.O=C(O)c1ccccn1. The second-order valence-corrected chi connectivity index (χ2v) is 2.39. The van der Waals surface area contributed by atoms with Crippen LogP contribution in [0.1, 0.15) is 16.9 Å². The van der Waals surface area contributed by atoms with E-state index in [1.54, 1.807) is 12.1 Å². The molecule has 0 aromatic carbocycles. The molecule has 0 aliphatic heterocycles. The predicted octanol–water partition coefficient (Wildman–Crippen LogP) is 0.107. The van der Waals surface area contributed by atoms with Gasteiger partial charge in [-0.15, -0.1) is 0 Å². The highest BCUT2D eigenvalue weighted by Gasteiger charge is 1.98. The summed E-state index contributed by atoms with van der Waals surface area (Å²) >= 11 is 0. The zero-order chi connectivity index (χ0) is 10.8. The third kappa shape index (κ3) is 6.10. The highest BCUT2D eigenvalue weighted by atomic mass is 16.4. The summed E-state index contributed by atoms with van der Waals surface area (Å²) in [6, 6.07) is 4.76. The number of nitrogens with two attached hydrogens (primary N) is 1. The topological polar surface area (TPSA) is 96.4 Å². The van der Waals surface area contributed by atoms with Gasteiger partial charge in [0.25, 0.3) is 0 Å². The Morgan fingerprint density at radius 1 is 1.50 bits per heavy atom. The second kappa shape index (κ2) is 8.15. The number of rotatable bonds is 3. The molecule has 1 aromatic rings. The highest BCUT2D eigenvalue weighted by Crippen LogP contribution is 1.90. The average Bonchev–Trinajstić information content (AvgIpc) is 2.21. The Hall–Kier alpha value is -1.46. The molecule has 0 fully saturated rings.